The van der Waals surface area contributed by atoms with Gasteiger partial charge in [-0.15, -0.1) is 0 Å². The summed E-state index contributed by atoms with van der Waals surface area (Å²) in [5, 5.41) is 2.93. The van der Waals surface area contributed by atoms with Crippen LogP contribution in [0.2, 0.25) is 0 Å². The van der Waals surface area contributed by atoms with E-state index in [2.05, 4.69) is 5.32 Å². The Kier molecular flexibility index (Phi) is 6.65. The minimum atomic E-state index is -0.865. The van der Waals surface area contributed by atoms with Crippen molar-refractivity contribution in [3.63, 3.8) is 0 Å². The summed E-state index contributed by atoms with van der Waals surface area (Å²) in [6.45, 7) is 0.973. The number of carbonyl (C=O) groups is 3. The van der Waals surface area contributed by atoms with Crippen LogP contribution in [0.15, 0.2) is 60.7 Å². The van der Waals surface area contributed by atoms with Crippen molar-refractivity contribution in [2.24, 2.45) is 5.92 Å². The molecule has 1 N–H and O–H groups in total. The third-order valence-corrected chi connectivity index (χ3v) is 6.79. The van der Waals surface area contributed by atoms with E-state index in [1.165, 1.54) is 7.11 Å². The molecule has 0 saturated carbocycles. The van der Waals surface area contributed by atoms with Gasteiger partial charge in [0.1, 0.15) is 12.7 Å². The van der Waals surface area contributed by atoms with Gasteiger partial charge in [-0.05, 0) is 30.5 Å². The fourth-order valence-corrected chi connectivity index (χ4v) is 4.94. The summed E-state index contributed by atoms with van der Waals surface area (Å²) in [5.41, 5.74) is 0.852. The average molecular weight is 452 g/mol. The van der Waals surface area contributed by atoms with Crippen molar-refractivity contribution in [2.75, 3.05) is 32.6 Å². The van der Waals surface area contributed by atoms with Gasteiger partial charge in [0.25, 0.3) is 5.91 Å². The number of carbonyl (C=O) groups excluding carboxylic acids is 3. The SMILES string of the molecule is CO[C@H]1C(=O)N(C)C2(CCN(C(=O)OCc3ccccc3)CC2)[C@@H]1C(=O)Nc1ccccc1. The molecule has 2 aliphatic heterocycles. The van der Waals surface area contributed by atoms with Crippen molar-refractivity contribution in [3.05, 3.63) is 66.2 Å². The Morgan fingerprint density at radius 2 is 1.64 bits per heavy atom. The number of nitrogens with zero attached hydrogens (tertiary/aromatic N) is 2. The maximum atomic E-state index is 13.3. The van der Waals surface area contributed by atoms with Gasteiger partial charge in [0.05, 0.1) is 11.5 Å². The van der Waals surface area contributed by atoms with Crippen LogP contribution in [0.25, 0.3) is 0 Å². The summed E-state index contributed by atoms with van der Waals surface area (Å²) >= 11 is 0. The number of ether oxygens (including phenoxy) is 2. The number of hydrogen-bond donors (Lipinski definition) is 1. The van der Waals surface area contributed by atoms with Gasteiger partial charge in [-0.3, -0.25) is 9.59 Å². The number of hydrogen-bond acceptors (Lipinski definition) is 5. The number of rotatable bonds is 5. The number of para-hydroxylation sites is 1. The molecule has 2 aromatic carbocycles. The summed E-state index contributed by atoms with van der Waals surface area (Å²) in [4.78, 5) is 42.2. The van der Waals surface area contributed by atoms with Crippen molar-refractivity contribution in [3.8, 4) is 0 Å². The minimum absolute atomic E-state index is 0.202. The molecule has 2 fully saturated rings. The van der Waals surface area contributed by atoms with Crippen LogP contribution in [0.3, 0.4) is 0 Å². The van der Waals surface area contributed by atoms with E-state index in [1.807, 2.05) is 48.5 Å². The predicted molar refractivity (Wildman–Crippen MR) is 122 cm³/mol. The van der Waals surface area contributed by atoms with Gasteiger partial charge in [0.2, 0.25) is 5.91 Å². The fraction of sp³-hybridized carbons (Fsp3) is 0.400. The van der Waals surface area contributed by atoms with Crippen molar-refractivity contribution >= 4 is 23.6 Å². The van der Waals surface area contributed by atoms with E-state index in [0.29, 0.717) is 31.6 Å². The first kappa shape index (κ1) is 22.8. The van der Waals surface area contributed by atoms with Crippen molar-refractivity contribution in [1.82, 2.24) is 9.80 Å². The minimum Gasteiger partial charge on any atom is -0.445 e. The van der Waals surface area contributed by atoms with E-state index < -0.39 is 23.7 Å². The molecule has 0 aliphatic carbocycles. The summed E-state index contributed by atoms with van der Waals surface area (Å²) in [6.07, 6.45) is -0.338. The fourth-order valence-electron chi connectivity index (χ4n) is 4.94. The van der Waals surface area contributed by atoms with E-state index in [0.717, 1.165) is 5.56 Å². The van der Waals surface area contributed by atoms with Crippen molar-refractivity contribution in [2.45, 2.75) is 31.1 Å². The highest BCUT2D eigenvalue weighted by atomic mass is 16.6. The molecule has 4 rings (SSSR count). The lowest BCUT2D eigenvalue weighted by Crippen LogP contribution is -2.58. The van der Waals surface area contributed by atoms with Crippen molar-refractivity contribution in [1.29, 1.82) is 0 Å². The molecule has 2 heterocycles. The van der Waals surface area contributed by atoms with E-state index in [1.54, 1.807) is 29.0 Å². The van der Waals surface area contributed by atoms with Gasteiger partial charge in [0.15, 0.2) is 0 Å². The first-order chi connectivity index (χ1) is 16.0. The Labute approximate surface area is 193 Å². The van der Waals surface area contributed by atoms with E-state index in [4.69, 9.17) is 9.47 Å². The number of anilines is 1. The van der Waals surface area contributed by atoms with Crippen LogP contribution in [-0.4, -0.2) is 66.6 Å². The Balaban J connectivity index is 1.46. The lowest BCUT2D eigenvalue weighted by atomic mass is 9.75. The van der Waals surface area contributed by atoms with Crippen molar-refractivity contribution < 1.29 is 23.9 Å². The molecule has 0 aromatic heterocycles. The first-order valence-corrected chi connectivity index (χ1v) is 11.1. The Bertz CT molecular complexity index is 990. The van der Waals surface area contributed by atoms with Crippen LogP contribution >= 0.6 is 0 Å². The average Bonchev–Trinajstić information content (AvgIpc) is 3.05. The normalized spacial score (nSPS) is 21.8. The number of likely N-dealkylation sites (N-methyl/N-ethyl adjacent to an activating group) is 1. The van der Waals surface area contributed by atoms with Crippen LogP contribution in [0, 0.1) is 5.92 Å². The second-order valence-electron chi connectivity index (χ2n) is 8.52. The predicted octanol–water partition coefficient (Wildman–Crippen LogP) is 2.90. The number of piperidine rings is 1. The summed E-state index contributed by atoms with van der Waals surface area (Å²) in [5.74, 6) is -1.17. The molecule has 33 heavy (non-hydrogen) atoms. The van der Waals surface area contributed by atoms with Crippen LogP contribution in [-0.2, 0) is 25.7 Å². The molecule has 0 bridgehead atoms. The third-order valence-electron chi connectivity index (χ3n) is 6.79. The monoisotopic (exact) mass is 451 g/mol. The molecular formula is C25H29N3O5. The molecule has 1 spiro atoms. The van der Waals surface area contributed by atoms with Gasteiger partial charge in [-0.25, -0.2) is 4.79 Å². The zero-order chi connectivity index (χ0) is 23.4. The lowest BCUT2D eigenvalue weighted by molar-refractivity contribution is -0.138. The first-order valence-electron chi connectivity index (χ1n) is 11.1. The molecule has 2 saturated heterocycles. The largest absolute Gasteiger partial charge is 0.445 e. The van der Waals surface area contributed by atoms with Crippen LogP contribution in [0.4, 0.5) is 10.5 Å². The second-order valence-corrected chi connectivity index (χ2v) is 8.52. The number of benzene rings is 2. The maximum absolute atomic E-state index is 13.3. The van der Waals surface area contributed by atoms with Gasteiger partial charge in [0, 0.05) is 32.9 Å². The van der Waals surface area contributed by atoms with Crippen LogP contribution in [0.5, 0.6) is 0 Å². The smallest absolute Gasteiger partial charge is 0.410 e. The Hall–Kier alpha value is -3.39. The summed E-state index contributed by atoms with van der Waals surface area (Å²) < 4.78 is 11.0. The molecular weight excluding hydrogens is 422 g/mol. The maximum Gasteiger partial charge on any atom is 0.410 e. The van der Waals surface area contributed by atoms with Gasteiger partial charge in [-0.2, -0.15) is 0 Å². The number of likely N-dealkylation sites (tertiary alicyclic amines) is 2. The standard InChI is InChI=1S/C25H29N3O5/c1-27-23(30)21(32-2)20(22(29)26-19-11-7-4-8-12-19)25(27)13-15-28(16-14-25)24(31)33-17-18-9-5-3-6-10-18/h3-12,20-21H,13-17H2,1-2H3,(H,26,29)/t20-,21+/m0/s1. The Morgan fingerprint density at radius 3 is 2.24 bits per heavy atom. The third kappa shape index (κ3) is 4.43. The molecule has 8 heteroatoms. The zero-order valence-electron chi connectivity index (χ0n) is 18.9. The van der Waals surface area contributed by atoms with Crippen LogP contribution < -0.4 is 5.32 Å². The lowest BCUT2D eigenvalue weighted by Gasteiger charge is -2.45. The second kappa shape index (κ2) is 9.62. The molecule has 0 unspecified atom stereocenters. The highest BCUT2D eigenvalue weighted by Gasteiger charge is 2.61. The number of nitrogens with one attached hydrogen (secondary N) is 1. The van der Waals surface area contributed by atoms with E-state index >= 15 is 0 Å². The van der Waals surface area contributed by atoms with E-state index in [-0.39, 0.29) is 18.4 Å². The highest BCUT2D eigenvalue weighted by molar-refractivity contribution is 6.00. The number of methoxy groups -OCH3 is 1. The molecule has 0 radical (unpaired) electrons. The summed E-state index contributed by atoms with van der Waals surface area (Å²) in [6, 6.07) is 18.7. The molecule has 2 aromatic rings. The van der Waals surface area contributed by atoms with Crippen LogP contribution in [0.1, 0.15) is 18.4 Å². The van der Waals surface area contributed by atoms with Gasteiger partial charge in [-0.1, -0.05) is 48.5 Å². The van der Waals surface area contributed by atoms with Gasteiger partial charge >= 0.3 is 6.09 Å². The molecule has 2 atom stereocenters. The Morgan fingerprint density at radius 1 is 1.03 bits per heavy atom. The molecule has 174 valence electrons. The molecule has 2 aliphatic rings. The molecule has 3 amide bonds. The quantitative estimate of drug-likeness (QED) is 0.755. The van der Waals surface area contributed by atoms with Gasteiger partial charge < -0.3 is 24.6 Å². The highest BCUT2D eigenvalue weighted by Crippen LogP contribution is 2.44. The molecule has 8 nitrogen and oxygen atoms in total. The zero-order valence-corrected chi connectivity index (χ0v) is 18.9. The van der Waals surface area contributed by atoms with E-state index in [9.17, 15) is 14.4 Å². The topological polar surface area (TPSA) is 88.2 Å². The summed E-state index contributed by atoms with van der Waals surface area (Å²) in [7, 11) is 3.17. The number of amides is 3.